The molecule has 0 saturated carbocycles. The third kappa shape index (κ3) is 4.08. The Morgan fingerprint density at radius 1 is 0.947 bits per heavy atom. The quantitative estimate of drug-likeness (QED) is 0.682. The van der Waals surface area contributed by atoms with Gasteiger partial charge >= 0.3 is 6.19 Å². The molecule has 1 N–H and O–H groups in total. The van der Waals surface area contributed by atoms with Crippen LogP contribution in [0, 0.1) is 6.92 Å². The van der Waals surface area contributed by atoms with Gasteiger partial charge in [-0.25, -0.2) is 4.89 Å². The van der Waals surface area contributed by atoms with Crippen molar-refractivity contribution >= 4 is 34.0 Å². The lowest BCUT2D eigenvalue weighted by molar-refractivity contribution is 0.568. The number of hydrogen-bond acceptors (Lipinski definition) is 1. The maximum atomic E-state index is 10.1. The van der Waals surface area contributed by atoms with Gasteiger partial charge in [0.25, 0.3) is 0 Å². The summed E-state index contributed by atoms with van der Waals surface area (Å²) in [6.45, 7) is 14.8. The van der Waals surface area contributed by atoms with Gasteiger partial charge in [-0.15, -0.1) is 0 Å². The first-order valence-electron chi connectivity index (χ1n) is 6.42. The molecule has 1 rings (SSSR count). The van der Waals surface area contributed by atoms with Gasteiger partial charge in [-0.2, -0.15) is 0 Å². The van der Waals surface area contributed by atoms with Crippen LogP contribution in [0.2, 0.25) is 0 Å². The van der Waals surface area contributed by atoms with Crippen molar-refractivity contribution in [3.8, 4) is 0 Å². The lowest BCUT2D eigenvalue weighted by Gasteiger charge is -2.27. The smallest absolute Gasteiger partial charge is 0.210 e. The van der Waals surface area contributed by atoms with Crippen LogP contribution in [-0.2, 0) is 10.8 Å². The highest BCUT2D eigenvalue weighted by molar-refractivity contribution is 8.18. The highest BCUT2D eigenvalue weighted by atomic mass is 35.9. The van der Waals surface area contributed by atoms with Gasteiger partial charge < -0.3 is 0 Å². The molecule has 0 bridgehead atoms. The van der Waals surface area contributed by atoms with E-state index in [1.165, 1.54) is 5.56 Å². The Balaban J connectivity index is 3.68. The predicted octanol–water partition coefficient (Wildman–Crippen LogP) is 5.45. The van der Waals surface area contributed by atoms with E-state index in [0.717, 1.165) is 16.4 Å². The van der Waals surface area contributed by atoms with E-state index in [0.29, 0.717) is 0 Å². The summed E-state index contributed by atoms with van der Waals surface area (Å²) in [5, 5.41) is 0.719. The monoisotopic (exact) mass is 321 g/mol. The van der Waals surface area contributed by atoms with Crippen LogP contribution in [0.4, 0.5) is 0 Å². The molecule has 1 aromatic carbocycles. The summed E-state index contributed by atoms with van der Waals surface area (Å²) < 4.78 is 0. The third-order valence-corrected chi connectivity index (χ3v) is 5.39. The van der Waals surface area contributed by atoms with Crippen LogP contribution in [-0.4, -0.2) is 4.89 Å². The van der Waals surface area contributed by atoms with Gasteiger partial charge in [0.1, 0.15) is 22.5 Å². The molecule has 0 aliphatic heterocycles. The maximum absolute atomic E-state index is 10.1. The zero-order valence-corrected chi connectivity index (χ0v) is 15.2. The standard InChI is InChI=1S/C15H24Cl2OP/c1-10-8-11(14(2,3)4)9-12(15(5,6)7)13(10)19(16,17)18/h8-9,18H,1-7H3/q+1. The Hall–Kier alpha value is 0.190. The van der Waals surface area contributed by atoms with Crippen molar-refractivity contribution in [2.24, 2.45) is 0 Å². The van der Waals surface area contributed by atoms with E-state index in [4.69, 9.17) is 22.5 Å². The minimum absolute atomic E-state index is 0.0540. The minimum atomic E-state index is -3.07. The Morgan fingerprint density at radius 2 is 1.42 bits per heavy atom. The molecule has 1 aromatic rings. The van der Waals surface area contributed by atoms with Crippen molar-refractivity contribution in [1.82, 2.24) is 0 Å². The van der Waals surface area contributed by atoms with Crippen LogP contribution in [0.25, 0.3) is 0 Å². The molecule has 19 heavy (non-hydrogen) atoms. The Labute approximate surface area is 127 Å². The summed E-state index contributed by atoms with van der Waals surface area (Å²) in [5.41, 5.74) is 3.19. The number of aryl methyl sites for hydroxylation is 1. The first kappa shape index (κ1) is 17.2. The molecule has 0 spiro atoms. The molecule has 4 heteroatoms. The average Bonchev–Trinajstić information content (AvgIpc) is 2.11. The zero-order chi connectivity index (χ0) is 15.2. The first-order valence-corrected chi connectivity index (χ1v) is 9.97. The van der Waals surface area contributed by atoms with E-state index in [9.17, 15) is 4.89 Å². The van der Waals surface area contributed by atoms with E-state index in [1.807, 2.05) is 6.92 Å². The van der Waals surface area contributed by atoms with E-state index in [-0.39, 0.29) is 10.8 Å². The molecule has 0 atom stereocenters. The molecule has 1 nitrogen and oxygen atoms in total. The predicted molar refractivity (Wildman–Crippen MR) is 89.1 cm³/mol. The van der Waals surface area contributed by atoms with Gasteiger partial charge in [0.15, 0.2) is 5.30 Å². The molecular weight excluding hydrogens is 298 g/mol. The SMILES string of the molecule is Cc1cc(C(C)(C)C)cc(C(C)(C)C)c1[P+](O)(Cl)Cl. The fourth-order valence-corrected chi connectivity index (χ4v) is 4.67. The second-order valence-corrected chi connectivity index (χ2v) is 12.0. The minimum Gasteiger partial charge on any atom is -0.210 e. The van der Waals surface area contributed by atoms with E-state index in [1.54, 1.807) is 0 Å². The molecule has 0 aromatic heterocycles. The molecular formula is C15H24Cl2OP+. The topological polar surface area (TPSA) is 20.2 Å². The van der Waals surface area contributed by atoms with Gasteiger partial charge in [0.2, 0.25) is 0 Å². The van der Waals surface area contributed by atoms with Crippen molar-refractivity contribution < 1.29 is 4.89 Å². The van der Waals surface area contributed by atoms with Crippen molar-refractivity contribution in [2.45, 2.75) is 59.3 Å². The lowest BCUT2D eigenvalue weighted by atomic mass is 9.79. The summed E-state index contributed by atoms with van der Waals surface area (Å²) in [6, 6.07) is 4.22. The van der Waals surface area contributed by atoms with Crippen LogP contribution in [0.3, 0.4) is 0 Å². The molecule has 0 radical (unpaired) electrons. The molecule has 108 valence electrons. The van der Waals surface area contributed by atoms with Crippen LogP contribution in [0.1, 0.15) is 58.2 Å². The Bertz CT molecular complexity index is 477. The maximum Gasteiger partial charge on any atom is 0.369 e. The highest BCUT2D eigenvalue weighted by Crippen LogP contribution is 2.65. The normalized spacial score (nSPS) is 13.8. The van der Waals surface area contributed by atoms with Gasteiger partial charge in [-0.05, 0) is 28.9 Å². The van der Waals surface area contributed by atoms with Gasteiger partial charge in [-0.1, -0.05) is 53.7 Å². The summed E-state index contributed by atoms with van der Waals surface area (Å²) >= 11 is 12.1. The van der Waals surface area contributed by atoms with Crippen LogP contribution >= 0.6 is 28.7 Å². The van der Waals surface area contributed by atoms with Crippen molar-refractivity contribution in [1.29, 1.82) is 0 Å². The summed E-state index contributed by atoms with van der Waals surface area (Å²) in [6.07, 6.45) is -3.07. The fraction of sp³-hybridized carbons (Fsp3) is 0.600. The lowest BCUT2D eigenvalue weighted by Crippen LogP contribution is -2.27. The highest BCUT2D eigenvalue weighted by Gasteiger charge is 2.43. The molecule has 0 aliphatic rings. The van der Waals surface area contributed by atoms with Crippen LogP contribution in [0.5, 0.6) is 0 Å². The second kappa shape index (κ2) is 5.19. The number of hydrogen-bond donors (Lipinski definition) is 1. The second-order valence-electron chi connectivity index (χ2n) is 7.17. The van der Waals surface area contributed by atoms with Gasteiger partial charge in [0, 0.05) is 5.56 Å². The molecule has 0 amide bonds. The van der Waals surface area contributed by atoms with Gasteiger partial charge in [0.05, 0.1) is 0 Å². The zero-order valence-electron chi connectivity index (χ0n) is 12.8. The Kier molecular flexibility index (Phi) is 4.71. The average molecular weight is 322 g/mol. The molecule has 0 saturated heterocycles. The van der Waals surface area contributed by atoms with Crippen molar-refractivity contribution in [3.05, 3.63) is 28.8 Å². The van der Waals surface area contributed by atoms with Gasteiger partial charge in [-0.3, -0.25) is 0 Å². The van der Waals surface area contributed by atoms with E-state index in [2.05, 4.69) is 53.7 Å². The van der Waals surface area contributed by atoms with E-state index < -0.39 is 6.19 Å². The van der Waals surface area contributed by atoms with Crippen molar-refractivity contribution in [2.75, 3.05) is 0 Å². The summed E-state index contributed by atoms with van der Waals surface area (Å²) in [7, 11) is 0. The molecule has 0 heterocycles. The van der Waals surface area contributed by atoms with Crippen LogP contribution < -0.4 is 5.30 Å². The summed E-state index contributed by atoms with van der Waals surface area (Å²) in [4.78, 5) is 10.1. The number of rotatable bonds is 1. The molecule has 0 fully saturated rings. The third-order valence-electron chi connectivity index (χ3n) is 3.24. The number of benzene rings is 1. The van der Waals surface area contributed by atoms with Crippen LogP contribution in [0.15, 0.2) is 12.1 Å². The van der Waals surface area contributed by atoms with E-state index >= 15 is 0 Å². The molecule has 0 aliphatic carbocycles. The summed E-state index contributed by atoms with van der Waals surface area (Å²) in [5.74, 6) is 0. The number of halogens is 2. The Morgan fingerprint density at radius 3 is 1.74 bits per heavy atom. The first-order chi connectivity index (χ1) is 8.24. The van der Waals surface area contributed by atoms with Crippen molar-refractivity contribution in [3.63, 3.8) is 0 Å². The molecule has 0 unspecified atom stereocenters. The fourth-order valence-electron chi connectivity index (χ4n) is 2.14. The largest absolute Gasteiger partial charge is 0.369 e.